The minimum absolute atomic E-state index is 0.0341. The Labute approximate surface area is 253 Å². The molecule has 1 N–H and O–H groups in total. The maximum atomic E-state index is 13.5. The van der Waals surface area contributed by atoms with Gasteiger partial charge in [0.2, 0.25) is 5.75 Å². The highest BCUT2D eigenvalue weighted by Crippen LogP contribution is 2.53. The lowest BCUT2D eigenvalue weighted by Gasteiger charge is -2.43. The van der Waals surface area contributed by atoms with E-state index in [9.17, 15) is 42.8 Å². The molecule has 42 heavy (non-hydrogen) atoms. The van der Waals surface area contributed by atoms with Gasteiger partial charge in [-0.3, -0.25) is 24.5 Å². The second-order valence-corrected chi connectivity index (χ2v) is 11.8. The number of nitro benzene ring substituents is 1. The summed E-state index contributed by atoms with van der Waals surface area (Å²) >= 11 is 6.80. The molecule has 9 nitrogen and oxygen atoms in total. The zero-order valence-electron chi connectivity index (χ0n) is 21.6. The Morgan fingerprint density at radius 3 is 2.14 bits per heavy atom. The van der Waals surface area contributed by atoms with Crippen LogP contribution >= 0.6 is 31.9 Å². The second kappa shape index (κ2) is 11.3. The number of nitrogens with zero attached hydrogens (tertiary/aromatic N) is 2. The van der Waals surface area contributed by atoms with Crippen molar-refractivity contribution in [3.8, 4) is 11.5 Å². The summed E-state index contributed by atoms with van der Waals surface area (Å²) in [6.07, 6.45) is -2.73. The first-order chi connectivity index (χ1) is 19.8. The normalized spacial score (nSPS) is 17.8. The van der Waals surface area contributed by atoms with Crippen molar-refractivity contribution in [3.05, 3.63) is 83.1 Å². The molecule has 1 heterocycles. The van der Waals surface area contributed by atoms with Gasteiger partial charge in [-0.2, -0.15) is 13.2 Å². The van der Waals surface area contributed by atoms with Gasteiger partial charge in [0.15, 0.2) is 11.6 Å². The molecule has 2 aromatic rings. The van der Waals surface area contributed by atoms with Gasteiger partial charge in [0.05, 0.1) is 15.0 Å². The fraction of sp³-hybridized carbons (Fsp3) is 0.321. The van der Waals surface area contributed by atoms with E-state index < -0.39 is 46.5 Å². The van der Waals surface area contributed by atoms with Crippen LogP contribution in [0.3, 0.4) is 0 Å². The maximum Gasteiger partial charge on any atom is 0.416 e. The summed E-state index contributed by atoms with van der Waals surface area (Å²) in [5.74, 6) is -3.18. The van der Waals surface area contributed by atoms with E-state index in [2.05, 4.69) is 31.9 Å². The molecule has 0 atom stereocenters. The standard InChI is InChI=1S/C28H21Br2F3N2O7/c29-14-10-15(27(16(30)11-14)42-22-8-7-13(28(31,32)33)9-19(22)35(40)41)24-25-17(3-1-5-20(25)36)34(12-23(38)39)18-4-2-6-21(37)26(18)24/h7-11,24H,1-6,12H2,(H,38,39). The Hall–Kier alpha value is -3.52. The summed E-state index contributed by atoms with van der Waals surface area (Å²) in [6, 6.07) is 5.04. The average Bonchev–Trinajstić information content (AvgIpc) is 2.90. The van der Waals surface area contributed by atoms with E-state index in [0.29, 0.717) is 53.7 Å². The topological polar surface area (TPSA) is 127 Å². The van der Waals surface area contributed by atoms with E-state index in [0.717, 1.165) is 6.07 Å². The Morgan fingerprint density at radius 1 is 1.02 bits per heavy atom. The van der Waals surface area contributed by atoms with Gasteiger partial charge in [-0.25, -0.2) is 0 Å². The van der Waals surface area contributed by atoms with Gasteiger partial charge in [0.1, 0.15) is 12.3 Å². The highest BCUT2D eigenvalue weighted by Gasteiger charge is 2.45. The van der Waals surface area contributed by atoms with Crippen LogP contribution in [0.5, 0.6) is 11.5 Å². The number of carboxylic acids is 1. The monoisotopic (exact) mass is 712 g/mol. The molecule has 1 aliphatic heterocycles. The number of hydrogen-bond acceptors (Lipinski definition) is 7. The largest absolute Gasteiger partial charge is 0.480 e. The fourth-order valence-corrected chi connectivity index (χ4v) is 7.13. The van der Waals surface area contributed by atoms with Gasteiger partial charge in [0.25, 0.3) is 0 Å². The highest BCUT2D eigenvalue weighted by molar-refractivity contribution is 9.11. The van der Waals surface area contributed by atoms with Crippen LogP contribution in [0.4, 0.5) is 18.9 Å². The minimum atomic E-state index is -4.83. The summed E-state index contributed by atoms with van der Waals surface area (Å²) in [5, 5.41) is 21.5. The number of ketones is 2. The first kappa shape index (κ1) is 30.0. The predicted molar refractivity (Wildman–Crippen MR) is 149 cm³/mol. The number of carboxylic acid groups (broad SMARTS) is 1. The summed E-state index contributed by atoms with van der Waals surface area (Å²) in [7, 11) is 0. The summed E-state index contributed by atoms with van der Waals surface area (Å²) in [4.78, 5) is 51.2. The zero-order valence-corrected chi connectivity index (χ0v) is 24.8. The summed E-state index contributed by atoms with van der Waals surface area (Å²) < 4.78 is 46.7. The zero-order chi connectivity index (χ0) is 30.5. The molecule has 2 aliphatic carbocycles. The van der Waals surface area contributed by atoms with Crippen molar-refractivity contribution < 1.29 is 42.3 Å². The molecule has 3 aliphatic rings. The number of nitro groups is 1. The van der Waals surface area contributed by atoms with Crippen LogP contribution in [0.1, 0.15) is 55.6 Å². The Morgan fingerprint density at radius 2 is 1.62 bits per heavy atom. The number of benzene rings is 2. The summed E-state index contributed by atoms with van der Waals surface area (Å²) in [5.41, 5.74) is -0.409. The minimum Gasteiger partial charge on any atom is -0.480 e. The highest BCUT2D eigenvalue weighted by atomic mass is 79.9. The van der Waals surface area contributed by atoms with E-state index in [1.807, 2.05) is 0 Å². The van der Waals surface area contributed by atoms with Crippen LogP contribution in [0, 0.1) is 10.1 Å². The number of allylic oxidation sites excluding steroid dienone is 4. The molecule has 0 unspecified atom stereocenters. The Balaban J connectivity index is 1.75. The number of carbonyl (C=O) groups is 3. The van der Waals surface area contributed by atoms with Crippen LogP contribution < -0.4 is 4.74 Å². The van der Waals surface area contributed by atoms with E-state index in [-0.39, 0.29) is 51.3 Å². The molecule has 0 aromatic heterocycles. The molecule has 0 saturated heterocycles. The molecule has 14 heteroatoms. The van der Waals surface area contributed by atoms with E-state index in [4.69, 9.17) is 4.74 Å². The Kier molecular flexibility index (Phi) is 8.05. The molecular weight excluding hydrogens is 693 g/mol. The molecule has 5 rings (SSSR count). The number of alkyl halides is 3. The van der Waals surface area contributed by atoms with Crippen LogP contribution in [0.25, 0.3) is 0 Å². The Bertz CT molecular complexity index is 1570. The van der Waals surface area contributed by atoms with E-state index >= 15 is 0 Å². The van der Waals surface area contributed by atoms with Crippen molar-refractivity contribution in [2.24, 2.45) is 0 Å². The molecule has 0 fully saturated rings. The molecule has 0 bridgehead atoms. The third-order valence-corrected chi connectivity index (χ3v) is 8.47. The molecule has 2 aromatic carbocycles. The lowest BCUT2D eigenvalue weighted by molar-refractivity contribution is -0.385. The molecule has 0 saturated carbocycles. The number of hydrogen-bond donors (Lipinski definition) is 1. The van der Waals surface area contributed by atoms with Crippen molar-refractivity contribution in [1.29, 1.82) is 0 Å². The van der Waals surface area contributed by atoms with Crippen LogP contribution in [0.2, 0.25) is 0 Å². The first-order valence-corrected chi connectivity index (χ1v) is 14.4. The van der Waals surface area contributed by atoms with Gasteiger partial charge in [-0.15, -0.1) is 0 Å². The number of aliphatic carboxylic acids is 1. The number of ether oxygens (including phenoxy) is 1. The van der Waals surface area contributed by atoms with E-state index in [1.54, 1.807) is 17.0 Å². The molecule has 0 amide bonds. The quantitative estimate of drug-likeness (QED) is 0.242. The van der Waals surface area contributed by atoms with Gasteiger partial charge < -0.3 is 14.7 Å². The predicted octanol–water partition coefficient (Wildman–Crippen LogP) is 7.43. The number of carbonyl (C=O) groups excluding carboxylic acids is 2. The second-order valence-electron chi connectivity index (χ2n) is 10.0. The van der Waals surface area contributed by atoms with Crippen molar-refractivity contribution in [2.75, 3.05) is 6.54 Å². The van der Waals surface area contributed by atoms with Crippen molar-refractivity contribution >= 4 is 55.1 Å². The SMILES string of the molecule is O=C(O)CN1C2=C(C(=O)CCC2)C(c2cc(Br)cc(Br)c2Oc2ccc(C(F)(F)F)cc2[N+](=O)[O-])C2=C1CCCC2=O. The van der Waals surface area contributed by atoms with E-state index in [1.165, 1.54) is 0 Å². The van der Waals surface area contributed by atoms with Crippen LogP contribution in [0.15, 0.2) is 61.8 Å². The number of Topliss-reactive ketones (excluding diaryl/α,β-unsaturated/α-hetero) is 2. The number of halogens is 5. The van der Waals surface area contributed by atoms with Gasteiger partial charge in [-0.05, 0) is 65.9 Å². The fourth-order valence-electron chi connectivity index (χ4n) is 5.79. The van der Waals surface area contributed by atoms with Crippen LogP contribution in [-0.4, -0.2) is 39.0 Å². The maximum absolute atomic E-state index is 13.5. The third-order valence-electron chi connectivity index (χ3n) is 7.42. The molecular formula is C28H21Br2F3N2O7. The van der Waals surface area contributed by atoms with Crippen molar-refractivity contribution in [1.82, 2.24) is 4.90 Å². The lowest BCUT2D eigenvalue weighted by atomic mass is 9.70. The van der Waals surface area contributed by atoms with Crippen molar-refractivity contribution in [2.45, 2.75) is 50.6 Å². The smallest absolute Gasteiger partial charge is 0.416 e. The number of rotatable bonds is 6. The molecule has 220 valence electrons. The first-order valence-electron chi connectivity index (χ1n) is 12.8. The third kappa shape index (κ3) is 5.49. The van der Waals surface area contributed by atoms with Gasteiger partial charge in [-0.1, -0.05) is 15.9 Å². The van der Waals surface area contributed by atoms with Gasteiger partial charge in [0, 0.05) is 57.4 Å². The lowest BCUT2D eigenvalue weighted by Crippen LogP contribution is -2.41. The molecule has 0 radical (unpaired) electrons. The molecule has 0 spiro atoms. The average molecular weight is 714 g/mol. The van der Waals surface area contributed by atoms with Crippen LogP contribution in [-0.2, 0) is 20.6 Å². The van der Waals surface area contributed by atoms with Crippen molar-refractivity contribution in [3.63, 3.8) is 0 Å². The summed E-state index contributed by atoms with van der Waals surface area (Å²) in [6.45, 7) is -0.436. The van der Waals surface area contributed by atoms with Gasteiger partial charge >= 0.3 is 17.8 Å².